The molecule has 0 aromatic heterocycles. The summed E-state index contributed by atoms with van der Waals surface area (Å²) in [5.74, 6) is 0.957. The number of nitrogens with zero attached hydrogens (tertiary/aromatic N) is 2. The minimum Gasteiger partial charge on any atom is -0.368 e. The van der Waals surface area contributed by atoms with E-state index in [9.17, 15) is 0 Å². The predicted octanol–water partition coefficient (Wildman–Crippen LogP) is 3.36. The molecule has 22 heavy (non-hydrogen) atoms. The molecular weight excluding hydrogens is 455 g/mol. The van der Waals surface area contributed by atoms with E-state index in [1.165, 1.54) is 29.4 Å². The van der Waals surface area contributed by atoms with Crippen molar-refractivity contribution in [3.63, 3.8) is 0 Å². The fourth-order valence-electron chi connectivity index (χ4n) is 2.92. The molecule has 1 unspecified atom stereocenters. The standard InChI is InChI=1S/C16H23BrN4.HI/c1-18-16(19-12-5-4-6-12)20-13-9-10-21(11-13)15-8-3-2-7-14(15)17;/h2-3,7-8,12-13H,4-6,9-11H2,1H3,(H2,18,19,20);1H. The lowest BCUT2D eigenvalue weighted by atomic mass is 9.93. The fourth-order valence-corrected chi connectivity index (χ4v) is 3.45. The van der Waals surface area contributed by atoms with E-state index >= 15 is 0 Å². The molecular formula is C16H24BrIN4. The summed E-state index contributed by atoms with van der Waals surface area (Å²) in [5.41, 5.74) is 1.28. The van der Waals surface area contributed by atoms with E-state index in [0.29, 0.717) is 12.1 Å². The Labute approximate surface area is 158 Å². The van der Waals surface area contributed by atoms with E-state index in [0.717, 1.165) is 25.5 Å². The van der Waals surface area contributed by atoms with E-state index in [1.807, 2.05) is 7.05 Å². The van der Waals surface area contributed by atoms with Gasteiger partial charge in [-0.3, -0.25) is 4.99 Å². The highest BCUT2D eigenvalue weighted by molar-refractivity contribution is 14.0. The largest absolute Gasteiger partial charge is 0.368 e. The molecule has 1 aliphatic carbocycles. The summed E-state index contributed by atoms with van der Waals surface area (Å²) in [6, 6.07) is 9.52. The Kier molecular flexibility index (Phi) is 6.80. The maximum atomic E-state index is 4.36. The monoisotopic (exact) mass is 478 g/mol. The van der Waals surface area contributed by atoms with Crippen molar-refractivity contribution in [2.45, 2.75) is 37.8 Å². The molecule has 1 atom stereocenters. The van der Waals surface area contributed by atoms with Gasteiger partial charge in [-0.25, -0.2) is 0 Å². The summed E-state index contributed by atoms with van der Waals surface area (Å²) in [6.45, 7) is 2.11. The number of hydrogen-bond donors (Lipinski definition) is 2. The highest BCUT2D eigenvalue weighted by Gasteiger charge is 2.25. The van der Waals surface area contributed by atoms with E-state index in [4.69, 9.17) is 0 Å². The number of para-hydroxylation sites is 1. The molecule has 1 saturated carbocycles. The summed E-state index contributed by atoms with van der Waals surface area (Å²) in [6.07, 6.45) is 5.03. The van der Waals surface area contributed by atoms with Gasteiger partial charge in [-0.2, -0.15) is 0 Å². The number of nitrogens with one attached hydrogen (secondary N) is 2. The van der Waals surface area contributed by atoms with E-state index in [-0.39, 0.29) is 24.0 Å². The van der Waals surface area contributed by atoms with Crippen LogP contribution in [-0.4, -0.2) is 38.2 Å². The van der Waals surface area contributed by atoms with Crippen molar-refractivity contribution >= 4 is 51.6 Å². The van der Waals surface area contributed by atoms with E-state index in [2.05, 4.69) is 60.7 Å². The first kappa shape index (κ1) is 17.8. The molecule has 0 bridgehead atoms. The van der Waals surface area contributed by atoms with Crippen LogP contribution < -0.4 is 15.5 Å². The zero-order valence-corrected chi connectivity index (χ0v) is 16.8. The van der Waals surface area contributed by atoms with Crippen molar-refractivity contribution in [3.8, 4) is 0 Å². The highest BCUT2D eigenvalue weighted by Crippen LogP contribution is 2.28. The Morgan fingerprint density at radius 3 is 2.55 bits per heavy atom. The first-order valence-electron chi connectivity index (χ1n) is 7.75. The van der Waals surface area contributed by atoms with Gasteiger partial charge in [0.1, 0.15) is 0 Å². The Morgan fingerprint density at radius 1 is 1.18 bits per heavy atom. The smallest absolute Gasteiger partial charge is 0.191 e. The quantitative estimate of drug-likeness (QED) is 0.397. The fraction of sp³-hybridized carbons (Fsp3) is 0.562. The van der Waals surface area contributed by atoms with Crippen LogP contribution >= 0.6 is 39.9 Å². The van der Waals surface area contributed by atoms with Crippen molar-refractivity contribution in [2.75, 3.05) is 25.0 Å². The number of hydrogen-bond acceptors (Lipinski definition) is 2. The minimum absolute atomic E-state index is 0. The first-order chi connectivity index (χ1) is 10.3. The van der Waals surface area contributed by atoms with Crippen LogP contribution in [0.3, 0.4) is 0 Å². The topological polar surface area (TPSA) is 39.7 Å². The van der Waals surface area contributed by atoms with Crippen molar-refractivity contribution in [1.29, 1.82) is 0 Å². The van der Waals surface area contributed by atoms with Crippen molar-refractivity contribution in [1.82, 2.24) is 10.6 Å². The van der Waals surface area contributed by atoms with Gasteiger partial charge in [0.05, 0.1) is 5.69 Å². The Morgan fingerprint density at radius 2 is 1.91 bits per heavy atom. The van der Waals surface area contributed by atoms with Gasteiger partial charge in [0.15, 0.2) is 5.96 Å². The molecule has 122 valence electrons. The summed E-state index contributed by atoms with van der Waals surface area (Å²) < 4.78 is 1.17. The maximum Gasteiger partial charge on any atom is 0.191 e. The molecule has 2 fully saturated rings. The summed E-state index contributed by atoms with van der Waals surface area (Å²) >= 11 is 3.64. The molecule has 2 N–H and O–H groups in total. The van der Waals surface area contributed by atoms with Crippen LogP contribution in [0.25, 0.3) is 0 Å². The van der Waals surface area contributed by atoms with Gasteiger partial charge < -0.3 is 15.5 Å². The van der Waals surface area contributed by atoms with E-state index in [1.54, 1.807) is 0 Å². The Balaban J connectivity index is 0.00000176. The van der Waals surface area contributed by atoms with E-state index < -0.39 is 0 Å². The highest BCUT2D eigenvalue weighted by atomic mass is 127. The number of guanidine groups is 1. The third-order valence-corrected chi connectivity index (χ3v) is 5.06. The maximum absolute atomic E-state index is 4.36. The summed E-state index contributed by atoms with van der Waals surface area (Å²) in [4.78, 5) is 6.78. The van der Waals surface area contributed by atoms with Crippen LogP contribution in [0.1, 0.15) is 25.7 Å². The molecule has 3 rings (SSSR count). The van der Waals surface area contributed by atoms with Crippen molar-refractivity contribution < 1.29 is 0 Å². The third-order valence-electron chi connectivity index (χ3n) is 4.39. The summed E-state index contributed by atoms with van der Waals surface area (Å²) in [5, 5.41) is 7.07. The molecule has 6 heteroatoms. The number of anilines is 1. The normalized spacial score (nSPS) is 22.0. The Bertz CT molecular complexity index is 519. The van der Waals surface area contributed by atoms with Crippen LogP contribution in [0.4, 0.5) is 5.69 Å². The lowest BCUT2D eigenvalue weighted by Gasteiger charge is -2.29. The summed E-state index contributed by atoms with van der Waals surface area (Å²) in [7, 11) is 1.86. The molecule has 1 aliphatic heterocycles. The average molecular weight is 479 g/mol. The average Bonchev–Trinajstić information content (AvgIpc) is 2.90. The van der Waals surface area contributed by atoms with Gasteiger partial charge in [-0.15, -0.1) is 24.0 Å². The predicted molar refractivity (Wildman–Crippen MR) is 107 cm³/mol. The van der Waals surface area contributed by atoms with Gasteiger partial charge in [0, 0.05) is 36.7 Å². The van der Waals surface area contributed by atoms with Crippen LogP contribution in [-0.2, 0) is 0 Å². The third kappa shape index (κ3) is 4.28. The lowest BCUT2D eigenvalue weighted by Crippen LogP contribution is -2.50. The number of aliphatic imine (C=N–C) groups is 1. The van der Waals surface area contributed by atoms with Crippen molar-refractivity contribution in [2.24, 2.45) is 4.99 Å². The second-order valence-corrected chi connectivity index (χ2v) is 6.73. The van der Waals surface area contributed by atoms with Crippen LogP contribution in [0.2, 0.25) is 0 Å². The second kappa shape index (κ2) is 8.38. The molecule has 1 aromatic carbocycles. The number of halogens is 2. The SMILES string of the molecule is CN=C(NC1CCC1)NC1CCN(c2ccccc2Br)C1.I. The molecule has 4 nitrogen and oxygen atoms in total. The van der Waals surface area contributed by atoms with Gasteiger partial charge in [-0.1, -0.05) is 12.1 Å². The van der Waals surface area contributed by atoms with Gasteiger partial charge in [0.2, 0.25) is 0 Å². The van der Waals surface area contributed by atoms with Crippen LogP contribution in [0.15, 0.2) is 33.7 Å². The molecule has 1 saturated heterocycles. The van der Waals surface area contributed by atoms with Crippen LogP contribution in [0, 0.1) is 0 Å². The Hall–Kier alpha value is -0.500. The zero-order chi connectivity index (χ0) is 14.7. The molecule has 0 amide bonds. The molecule has 0 spiro atoms. The van der Waals surface area contributed by atoms with Gasteiger partial charge in [0.25, 0.3) is 0 Å². The lowest BCUT2D eigenvalue weighted by molar-refractivity contribution is 0.378. The van der Waals surface area contributed by atoms with Gasteiger partial charge in [-0.05, 0) is 53.7 Å². The van der Waals surface area contributed by atoms with Crippen LogP contribution in [0.5, 0.6) is 0 Å². The van der Waals surface area contributed by atoms with Crippen molar-refractivity contribution in [3.05, 3.63) is 28.7 Å². The second-order valence-electron chi connectivity index (χ2n) is 5.87. The zero-order valence-electron chi connectivity index (χ0n) is 12.9. The molecule has 1 aromatic rings. The minimum atomic E-state index is 0. The number of benzene rings is 1. The first-order valence-corrected chi connectivity index (χ1v) is 8.55. The molecule has 2 aliphatic rings. The van der Waals surface area contributed by atoms with Gasteiger partial charge >= 0.3 is 0 Å². The molecule has 0 radical (unpaired) electrons. The number of rotatable bonds is 3. The molecule has 1 heterocycles.